The lowest BCUT2D eigenvalue weighted by Crippen LogP contribution is -2.45. The van der Waals surface area contributed by atoms with E-state index in [0.29, 0.717) is 21.8 Å². The van der Waals surface area contributed by atoms with E-state index in [1.165, 1.54) is 4.31 Å². The molecule has 0 saturated carbocycles. The van der Waals surface area contributed by atoms with E-state index in [0.717, 1.165) is 27.2 Å². The maximum atomic E-state index is 14.3. The summed E-state index contributed by atoms with van der Waals surface area (Å²) in [6, 6.07) is 14.6. The van der Waals surface area contributed by atoms with Crippen LogP contribution in [0.25, 0.3) is 0 Å². The molecule has 3 aromatic rings. The molecule has 36 heavy (non-hydrogen) atoms. The van der Waals surface area contributed by atoms with Crippen molar-refractivity contribution in [1.29, 1.82) is 0 Å². The van der Waals surface area contributed by atoms with Crippen LogP contribution >= 0.6 is 11.6 Å². The fraction of sp³-hybridized carbons (Fsp3) is 0.286. The Balaban J connectivity index is 1.84. The molecule has 1 heterocycles. The van der Waals surface area contributed by atoms with Crippen LogP contribution < -0.4 is 4.90 Å². The van der Waals surface area contributed by atoms with Gasteiger partial charge < -0.3 is 0 Å². The van der Waals surface area contributed by atoms with Gasteiger partial charge in [0.05, 0.1) is 17.0 Å². The number of benzene rings is 3. The van der Waals surface area contributed by atoms with E-state index < -0.39 is 27.9 Å². The Kier molecular flexibility index (Phi) is 7.10. The second kappa shape index (κ2) is 9.81. The van der Waals surface area contributed by atoms with Crippen molar-refractivity contribution in [1.82, 2.24) is 4.31 Å². The largest absolute Gasteiger partial charge is 0.274 e. The highest BCUT2D eigenvalue weighted by atomic mass is 35.5. The molecule has 0 spiro atoms. The fourth-order valence-corrected chi connectivity index (χ4v) is 6.90. The van der Waals surface area contributed by atoms with Crippen LogP contribution in [0.2, 0.25) is 5.02 Å². The predicted octanol–water partition coefficient (Wildman–Crippen LogP) is 5.41. The number of nitrogens with zero attached hydrogens (tertiary/aromatic N) is 2. The molecule has 0 aliphatic carbocycles. The van der Waals surface area contributed by atoms with Crippen LogP contribution in [0.5, 0.6) is 0 Å². The molecule has 0 radical (unpaired) electrons. The number of carbonyl (C=O) groups excluding carboxylic acids is 2. The molecule has 8 heteroatoms. The molecule has 1 fully saturated rings. The number of carbonyl (C=O) groups is 2. The van der Waals surface area contributed by atoms with Crippen molar-refractivity contribution in [3.63, 3.8) is 0 Å². The van der Waals surface area contributed by atoms with Gasteiger partial charge in [0.2, 0.25) is 15.9 Å². The zero-order valence-electron chi connectivity index (χ0n) is 21.0. The highest BCUT2D eigenvalue weighted by Gasteiger charge is 2.47. The number of imide groups is 1. The summed E-state index contributed by atoms with van der Waals surface area (Å²) >= 11 is 5.98. The van der Waals surface area contributed by atoms with Crippen molar-refractivity contribution < 1.29 is 18.0 Å². The van der Waals surface area contributed by atoms with Crippen LogP contribution in [-0.4, -0.2) is 30.6 Å². The number of hydrogen-bond donors (Lipinski definition) is 0. The number of amides is 2. The van der Waals surface area contributed by atoms with Crippen molar-refractivity contribution in [2.24, 2.45) is 0 Å². The first-order valence-electron chi connectivity index (χ1n) is 11.7. The van der Waals surface area contributed by atoms with Crippen molar-refractivity contribution in [2.75, 3.05) is 4.90 Å². The molecule has 0 aromatic heterocycles. The first kappa shape index (κ1) is 26.1. The van der Waals surface area contributed by atoms with Crippen LogP contribution in [0.1, 0.15) is 39.8 Å². The highest BCUT2D eigenvalue weighted by molar-refractivity contribution is 7.89. The molecule has 6 nitrogen and oxygen atoms in total. The third-order valence-corrected chi connectivity index (χ3v) is 9.26. The lowest BCUT2D eigenvalue weighted by Gasteiger charge is -2.29. The molecule has 0 bridgehead atoms. The average Bonchev–Trinajstić information content (AvgIpc) is 3.11. The van der Waals surface area contributed by atoms with Crippen LogP contribution in [0, 0.1) is 34.6 Å². The maximum Gasteiger partial charge on any atom is 0.252 e. The normalized spacial score (nSPS) is 16.3. The van der Waals surface area contributed by atoms with E-state index in [4.69, 9.17) is 11.6 Å². The number of aryl methyl sites for hydroxylation is 3. The van der Waals surface area contributed by atoms with Gasteiger partial charge >= 0.3 is 0 Å². The molecule has 1 unspecified atom stereocenters. The van der Waals surface area contributed by atoms with E-state index in [1.54, 1.807) is 38.1 Å². The fourth-order valence-electron chi connectivity index (χ4n) is 4.62. The molecule has 1 aliphatic rings. The van der Waals surface area contributed by atoms with Crippen molar-refractivity contribution in [3.05, 3.63) is 93.0 Å². The molecule has 2 amide bonds. The Morgan fingerprint density at radius 1 is 0.889 bits per heavy atom. The summed E-state index contributed by atoms with van der Waals surface area (Å²) in [4.78, 5) is 27.9. The molecular formula is C28H29ClN2O4S. The van der Waals surface area contributed by atoms with Gasteiger partial charge in [-0.2, -0.15) is 4.31 Å². The van der Waals surface area contributed by atoms with Gasteiger partial charge in [0, 0.05) is 11.6 Å². The smallest absolute Gasteiger partial charge is 0.252 e. The van der Waals surface area contributed by atoms with E-state index >= 15 is 0 Å². The summed E-state index contributed by atoms with van der Waals surface area (Å²) in [5.74, 6) is -1.03. The number of hydrogen-bond acceptors (Lipinski definition) is 4. The summed E-state index contributed by atoms with van der Waals surface area (Å²) in [5, 5.41) is 0.471. The Hall–Kier alpha value is -3.00. The minimum absolute atomic E-state index is 0.0351. The van der Waals surface area contributed by atoms with Gasteiger partial charge in [-0.1, -0.05) is 47.5 Å². The zero-order valence-corrected chi connectivity index (χ0v) is 22.6. The lowest BCUT2D eigenvalue weighted by molar-refractivity contribution is -0.122. The van der Waals surface area contributed by atoms with E-state index in [2.05, 4.69) is 0 Å². The zero-order chi connectivity index (χ0) is 26.4. The number of sulfonamides is 1. The van der Waals surface area contributed by atoms with E-state index in [9.17, 15) is 18.0 Å². The lowest BCUT2D eigenvalue weighted by atomic mass is 10.0. The molecule has 0 N–H and O–H groups in total. The molecule has 1 atom stereocenters. The van der Waals surface area contributed by atoms with Crippen LogP contribution in [0.4, 0.5) is 5.69 Å². The molecular weight excluding hydrogens is 496 g/mol. The number of anilines is 1. The number of rotatable bonds is 6. The second-order valence-corrected chi connectivity index (χ2v) is 11.7. The second-order valence-electron chi connectivity index (χ2n) is 9.39. The summed E-state index contributed by atoms with van der Waals surface area (Å²) in [7, 11) is -4.16. The first-order valence-corrected chi connectivity index (χ1v) is 13.5. The van der Waals surface area contributed by atoms with Gasteiger partial charge in [-0.25, -0.2) is 13.3 Å². The Labute approximate surface area is 217 Å². The molecule has 1 aliphatic heterocycles. The van der Waals surface area contributed by atoms with Gasteiger partial charge in [-0.05, 0) is 86.7 Å². The third kappa shape index (κ3) is 4.71. The number of halogens is 1. The summed E-state index contributed by atoms with van der Waals surface area (Å²) < 4.78 is 29.8. The average molecular weight is 525 g/mol. The molecule has 3 aromatic carbocycles. The minimum atomic E-state index is -4.16. The van der Waals surface area contributed by atoms with Crippen LogP contribution in [0.15, 0.2) is 59.5 Å². The Morgan fingerprint density at radius 2 is 1.44 bits per heavy atom. The van der Waals surface area contributed by atoms with Crippen molar-refractivity contribution in [3.8, 4) is 0 Å². The van der Waals surface area contributed by atoms with Gasteiger partial charge in [-0.15, -0.1) is 0 Å². The Bertz CT molecular complexity index is 1420. The van der Waals surface area contributed by atoms with Crippen LogP contribution in [-0.2, 0) is 26.2 Å². The molecule has 1 saturated heterocycles. The molecule has 4 rings (SSSR count). The van der Waals surface area contributed by atoms with Crippen molar-refractivity contribution in [2.45, 2.75) is 58.5 Å². The van der Waals surface area contributed by atoms with E-state index in [-0.39, 0.29) is 17.9 Å². The van der Waals surface area contributed by atoms with Gasteiger partial charge in [-0.3, -0.25) is 9.59 Å². The maximum absolute atomic E-state index is 14.3. The van der Waals surface area contributed by atoms with Crippen molar-refractivity contribution >= 4 is 39.1 Å². The minimum Gasteiger partial charge on any atom is -0.274 e. The first-order chi connectivity index (χ1) is 16.9. The summed E-state index contributed by atoms with van der Waals surface area (Å²) in [5.41, 5.74) is 5.11. The SMILES string of the molecule is Cc1ccc(CN(C2CC(=O)N(c3ccc(Cl)cc3)C2=O)S(=O)(=O)c2c(C)c(C)cc(C)c2C)cc1. The predicted molar refractivity (Wildman–Crippen MR) is 142 cm³/mol. The topological polar surface area (TPSA) is 74.8 Å². The van der Waals surface area contributed by atoms with E-state index in [1.807, 2.05) is 51.1 Å². The highest BCUT2D eigenvalue weighted by Crippen LogP contribution is 2.34. The molecule has 188 valence electrons. The summed E-state index contributed by atoms with van der Waals surface area (Å²) in [6.07, 6.45) is -0.241. The van der Waals surface area contributed by atoms with Gasteiger partial charge in [0.1, 0.15) is 6.04 Å². The van der Waals surface area contributed by atoms with Gasteiger partial charge in [0.25, 0.3) is 5.91 Å². The Morgan fingerprint density at radius 3 is 2.00 bits per heavy atom. The quantitative estimate of drug-likeness (QED) is 0.404. The standard InChI is InChI=1S/C28H29ClN2O4S/c1-17-6-8-22(9-7-17)16-30(36(34,35)27-20(4)18(2)14-19(3)21(27)5)25-15-26(32)31(28(25)33)24-12-10-23(29)11-13-24/h6-14,25H,15-16H2,1-5H3. The van der Waals surface area contributed by atoms with Crippen LogP contribution in [0.3, 0.4) is 0 Å². The monoisotopic (exact) mass is 524 g/mol. The van der Waals surface area contributed by atoms with Gasteiger partial charge in [0.15, 0.2) is 0 Å². The third-order valence-electron chi connectivity index (χ3n) is 6.88. The summed E-state index contributed by atoms with van der Waals surface area (Å²) in [6.45, 7) is 9.21.